The van der Waals surface area contributed by atoms with E-state index < -0.39 is 0 Å². The monoisotopic (exact) mass is 446 g/mol. The van der Waals surface area contributed by atoms with Crippen LogP contribution in [0.3, 0.4) is 0 Å². The Kier molecular flexibility index (Phi) is 8.40. The number of morpholine rings is 1. The fourth-order valence-corrected chi connectivity index (χ4v) is 5.04. The molecule has 0 aromatic carbocycles. The normalized spacial score (nSPS) is 21.3. The van der Waals surface area contributed by atoms with Crippen LogP contribution in [0.25, 0.3) is 0 Å². The number of ether oxygens (including phenoxy) is 2. The average Bonchev–Trinajstić information content (AvgIpc) is 3.56. The van der Waals surface area contributed by atoms with Crippen molar-refractivity contribution < 1.29 is 13.9 Å². The molecule has 0 aliphatic carbocycles. The standard InChI is InChI=1S/C23H34N4O3S/c1-18-6-7-22(31-18)21(27-10-14-28-15-11-27)17-26-23(25-16-20-5-3-13-30-20)24-9-8-19-4-2-12-29-19/h2,4,6-7,12,20-21H,3,5,8-11,13-17H2,1H3,(H2,24,25,26). The molecule has 0 amide bonds. The largest absolute Gasteiger partial charge is 0.469 e. The lowest BCUT2D eigenvalue weighted by Gasteiger charge is -2.33. The molecule has 2 aromatic rings. The maximum atomic E-state index is 5.78. The van der Waals surface area contributed by atoms with E-state index in [1.165, 1.54) is 9.75 Å². The number of nitrogens with zero attached hydrogens (tertiary/aromatic N) is 2. The Morgan fingerprint density at radius 3 is 2.84 bits per heavy atom. The molecule has 31 heavy (non-hydrogen) atoms. The van der Waals surface area contributed by atoms with E-state index in [2.05, 4.69) is 34.6 Å². The molecule has 2 unspecified atom stereocenters. The minimum Gasteiger partial charge on any atom is -0.469 e. The van der Waals surface area contributed by atoms with E-state index in [4.69, 9.17) is 18.9 Å². The van der Waals surface area contributed by atoms with Gasteiger partial charge in [-0.2, -0.15) is 0 Å². The molecule has 2 saturated heterocycles. The van der Waals surface area contributed by atoms with E-state index in [1.54, 1.807) is 6.26 Å². The topological polar surface area (TPSA) is 71.3 Å². The number of rotatable bonds is 9. The molecule has 4 heterocycles. The number of aryl methyl sites for hydroxylation is 1. The first-order chi connectivity index (χ1) is 15.3. The lowest BCUT2D eigenvalue weighted by Crippen LogP contribution is -2.43. The zero-order chi connectivity index (χ0) is 21.3. The molecule has 4 rings (SSSR count). The van der Waals surface area contributed by atoms with Crippen molar-refractivity contribution in [2.75, 3.05) is 52.5 Å². The van der Waals surface area contributed by atoms with Crippen molar-refractivity contribution in [3.05, 3.63) is 46.0 Å². The van der Waals surface area contributed by atoms with Gasteiger partial charge in [-0.05, 0) is 44.0 Å². The number of thiophene rings is 1. The molecule has 0 saturated carbocycles. The summed E-state index contributed by atoms with van der Waals surface area (Å²) in [5.41, 5.74) is 0. The van der Waals surface area contributed by atoms with Gasteiger partial charge in [-0.3, -0.25) is 9.89 Å². The molecule has 8 heteroatoms. The molecule has 170 valence electrons. The first-order valence-corrected chi connectivity index (χ1v) is 12.1. The van der Waals surface area contributed by atoms with Crippen LogP contribution in [-0.2, 0) is 15.9 Å². The Morgan fingerprint density at radius 2 is 2.13 bits per heavy atom. The van der Waals surface area contributed by atoms with Crippen LogP contribution in [0, 0.1) is 6.92 Å². The van der Waals surface area contributed by atoms with Gasteiger partial charge in [-0.1, -0.05) is 0 Å². The second kappa shape index (κ2) is 11.7. The van der Waals surface area contributed by atoms with Crippen molar-refractivity contribution in [3.63, 3.8) is 0 Å². The quantitative estimate of drug-likeness (QED) is 0.456. The first kappa shape index (κ1) is 22.3. The first-order valence-electron chi connectivity index (χ1n) is 11.3. The van der Waals surface area contributed by atoms with Crippen molar-refractivity contribution in [1.29, 1.82) is 0 Å². The van der Waals surface area contributed by atoms with Crippen LogP contribution in [0.1, 0.15) is 34.4 Å². The summed E-state index contributed by atoms with van der Waals surface area (Å²) in [6.45, 7) is 8.76. The summed E-state index contributed by atoms with van der Waals surface area (Å²) in [5, 5.41) is 6.98. The highest BCUT2D eigenvalue weighted by Crippen LogP contribution is 2.28. The van der Waals surface area contributed by atoms with Gasteiger partial charge < -0.3 is 24.5 Å². The second-order valence-electron chi connectivity index (χ2n) is 8.07. The van der Waals surface area contributed by atoms with Gasteiger partial charge >= 0.3 is 0 Å². The second-order valence-corrected chi connectivity index (χ2v) is 9.39. The molecule has 2 aliphatic rings. The van der Waals surface area contributed by atoms with Crippen molar-refractivity contribution in [2.24, 2.45) is 4.99 Å². The van der Waals surface area contributed by atoms with Crippen molar-refractivity contribution in [1.82, 2.24) is 15.5 Å². The van der Waals surface area contributed by atoms with Crippen molar-refractivity contribution in [2.45, 2.75) is 38.3 Å². The molecular formula is C23H34N4O3S. The fourth-order valence-electron chi connectivity index (χ4n) is 4.03. The van der Waals surface area contributed by atoms with Gasteiger partial charge in [0.25, 0.3) is 0 Å². The lowest BCUT2D eigenvalue weighted by atomic mass is 10.2. The molecule has 2 aliphatic heterocycles. The van der Waals surface area contributed by atoms with Crippen LogP contribution in [0.15, 0.2) is 39.9 Å². The molecule has 7 nitrogen and oxygen atoms in total. The van der Waals surface area contributed by atoms with Crippen LogP contribution in [0.5, 0.6) is 0 Å². The van der Waals surface area contributed by atoms with Crippen molar-refractivity contribution >= 4 is 17.3 Å². The molecule has 2 fully saturated rings. The van der Waals surface area contributed by atoms with Gasteiger partial charge in [0.15, 0.2) is 5.96 Å². The third kappa shape index (κ3) is 6.80. The summed E-state index contributed by atoms with van der Waals surface area (Å²) in [6, 6.07) is 8.66. The van der Waals surface area contributed by atoms with E-state index in [1.807, 2.05) is 23.5 Å². The fraction of sp³-hybridized carbons (Fsp3) is 0.609. The lowest BCUT2D eigenvalue weighted by molar-refractivity contribution is 0.0186. The maximum absolute atomic E-state index is 5.78. The average molecular weight is 447 g/mol. The van der Waals surface area contributed by atoms with E-state index in [-0.39, 0.29) is 12.1 Å². The number of furan rings is 1. The molecule has 2 aromatic heterocycles. The van der Waals surface area contributed by atoms with Crippen LogP contribution in [-0.4, -0.2) is 69.5 Å². The van der Waals surface area contributed by atoms with Gasteiger partial charge in [-0.25, -0.2) is 0 Å². The zero-order valence-electron chi connectivity index (χ0n) is 18.3. The van der Waals surface area contributed by atoms with Crippen molar-refractivity contribution in [3.8, 4) is 0 Å². The Labute approximate surface area is 188 Å². The van der Waals surface area contributed by atoms with Gasteiger partial charge in [-0.15, -0.1) is 11.3 Å². The van der Waals surface area contributed by atoms with E-state index >= 15 is 0 Å². The summed E-state index contributed by atoms with van der Waals surface area (Å²) >= 11 is 1.87. The Bertz CT molecular complexity index is 796. The van der Waals surface area contributed by atoms with Gasteiger partial charge in [0, 0.05) is 49.0 Å². The van der Waals surface area contributed by atoms with E-state index in [0.717, 1.165) is 77.0 Å². The van der Waals surface area contributed by atoms with Gasteiger partial charge in [0.05, 0.1) is 38.2 Å². The molecule has 0 bridgehead atoms. The van der Waals surface area contributed by atoms with E-state index in [0.29, 0.717) is 6.54 Å². The van der Waals surface area contributed by atoms with E-state index in [9.17, 15) is 0 Å². The summed E-state index contributed by atoms with van der Waals surface area (Å²) < 4.78 is 16.8. The third-order valence-corrected chi connectivity index (χ3v) is 6.87. The zero-order valence-corrected chi connectivity index (χ0v) is 19.2. The smallest absolute Gasteiger partial charge is 0.191 e. The minimum absolute atomic E-state index is 0.270. The third-order valence-electron chi connectivity index (χ3n) is 5.76. The summed E-state index contributed by atoms with van der Waals surface area (Å²) in [4.78, 5) is 10.2. The van der Waals surface area contributed by atoms with Gasteiger partial charge in [0.2, 0.25) is 0 Å². The Morgan fingerprint density at radius 1 is 1.23 bits per heavy atom. The SMILES string of the molecule is Cc1ccc(C(CN=C(NCCc2ccco2)NCC2CCCO2)N2CCOCC2)s1. The highest BCUT2D eigenvalue weighted by Gasteiger charge is 2.24. The highest BCUT2D eigenvalue weighted by atomic mass is 32.1. The predicted molar refractivity (Wildman–Crippen MR) is 124 cm³/mol. The Hall–Kier alpha value is -1.87. The molecule has 0 radical (unpaired) electrons. The predicted octanol–water partition coefficient (Wildman–Crippen LogP) is 2.98. The summed E-state index contributed by atoms with van der Waals surface area (Å²) in [5.74, 6) is 1.82. The summed E-state index contributed by atoms with van der Waals surface area (Å²) in [6.07, 6.45) is 5.06. The molecule has 2 atom stereocenters. The number of aliphatic imine (C=N–C) groups is 1. The number of hydrogen-bond donors (Lipinski definition) is 2. The Balaban J connectivity index is 1.41. The minimum atomic E-state index is 0.270. The number of guanidine groups is 1. The highest BCUT2D eigenvalue weighted by molar-refractivity contribution is 7.12. The molecular weight excluding hydrogens is 412 g/mol. The maximum Gasteiger partial charge on any atom is 0.191 e. The van der Waals surface area contributed by atoms with Crippen LogP contribution >= 0.6 is 11.3 Å². The molecule has 2 N–H and O–H groups in total. The van der Waals surface area contributed by atoms with Gasteiger partial charge in [0.1, 0.15) is 5.76 Å². The van der Waals surface area contributed by atoms with Crippen LogP contribution in [0.2, 0.25) is 0 Å². The van der Waals surface area contributed by atoms with Crippen LogP contribution < -0.4 is 10.6 Å². The summed E-state index contributed by atoms with van der Waals surface area (Å²) in [7, 11) is 0. The number of hydrogen-bond acceptors (Lipinski definition) is 6. The molecule has 0 spiro atoms. The number of nitrogens with one attached hydrogen (secondary N) is 2. The van der Waals surface area contributed by atoms with Crippen LogP contribution in [0.4, 0.5) is 0 Å².